The SMILES string of the molecule is CC(NC(=O)C(Cc1c[nH]c2ccccc12)n1c(=O)[nH]c2ccccc2c1=O)C(=O)NC(C(=O)O)C(C)O. The molecule has 0 saturated carbocycles. The number of aliphatic hydroxyl groups excluding tert-OH is 1. The number of carbonyl (C=O) groups is 3. The molecule has 0 aliphatic rings. The standard InChI is InChI=1S/C26H27N5O7/c1-13(22(33)30-21(14(2)32)25(36)37)28-23(34)20(11-15-12-27-18-9-5-3-7-16(15)18)31-24(35)17-8-4-6-10-19(17)29-26(31)38/h3-10,12-14,20-21,27,32H,11H2,1-2H3,(H,28,34)(H,29,38)(H,30,33)(H,36,37). The van der Waals surface area contributed by atoms with Crippen LogP contribution in [0.2, 0.25) is 0 Å². The van der Waals surface area contributed by atoms with E-state index in [9.17, 15) is 34.2 Å². The number of amides is 2. The predicted octanol–water partition coefficient (Wildman–Crippen LogP) is 0.410. The molecule has 2 aromatic carbocycles. The number of aromatic nitrogens is 3. The minimum Gasteiger partial charge on any atom is -0.480 e. The fraction of sp³-hybridized carbons (Fsp3) is 0.269. The van der Waals surface area contributed by atoms with E-state index < -0.39 is 53.3 Å². The fourth-order valence-electron chi connectivity index (χ4n) is 4.31. The van der Waals surface area contributed by atoms with Gasteiger partial charge in [0.05, 0.1) is 17.0 Å². The van der Waals surface area contributed by atoms with Gasteiger partial charge < -0.3 is 30.8 Å². The van der Waals surface area contributed by atoms with Gasteiger partial charge in [-0.15, -0.1) is 0 Å². The summed E-state index contributed by atoms with van der Waals surface area (Å²) in [5.74, 6) is -3.11. The predicted molar refractivity (Wildman–Crippen MR) is 139 cm³/mol. The average Bonchev–Trinajstić information content (AvgIpc) is 3.28. The molecule has 0 fully saturated rings. The molecule has 4 aromatic rings. The quantitative estimate of drug-likeness (QED) is 0.184. The van der Waals surface area contributed by atoms with Crippen LogP contribution in [0.25, 0.3) is 21.8 Å². The molecule has 12 heteroatoms. The van der Waals surface area contributed by atoms with Crippen LogP contribution in [-0.2, 0) is 20.8 Å². The largest absolute Gasteiger partial charge is 0.480 e. The molecule has 12 nitrogen and oxygen atoms in total. The number of nitrogens with one attached hydrogen (secondary N) is 4. The Kier molecular flexibility index (Phi) is 7.44. The molecule has 2 amide bonds. The first-order valence-corrected chi connectivity index (χ1v) is 11.9. The summed E-state index contributed by atoms with van der Waals surface area (Å²) < 4.78 is 0.819. The van der Waals surface area contributed by atoms with E-state index in [2.05, 4.69) is 20.6 Å². The average molecular weight is 522 g/mol. The third-order valence-electron chi connectivity index (χ3n) is 6.34. The number of carboxylic acid groups (broad SMARTS) is 1. The summed E-state index contributed by atoms with van der Waals surface area (Å²) in [5.41, 5.74) is 0.298. The molecule has 0 radical (unpaired) electrons. The van der Waals surface area contributed by atoms with Crippen LogP contribution in [0.1, 0.15) is 25.5 Å². The summed E-state index contributed by atoms with van der Waals surface area (Å²) in [6.45, 7) is 2.53. The van der Waals surface area contributed by atoms with Crippen LogP contribution in [0.5, 0.6) is 0 Å². The number of hydrogen-bond donors (Lipinski definition) is 6. The molecule has 4 atom stereocenters. The highest BCUT2D eigenvalue weighted by atomic mass is 16.4. The van der Waals surface area contributed by atoms with Crippen molar-refractivity contribution in [2.24, 2.45) is 0 Å². The van der Waals surface area contributed by atoms with Gasteiger partial charge in [-0.3, -0.25) is 14.4 Å². The number of hydrogen-bond acceptors (Lipinski definition) is 6. The number of carbonyl (C=O) groups excluding carboxylic acids is 2. The molecule has 4 unspecified atom stereocenters. The van der Waals surface area contributed by atoms with Crippen LogP contribution in [0.15, 0.2) is 64.3 Å². The van der Waals surface area contributed by atoms with Crippen molar-refractivity contribution < 1.29 is 24.6 Å². The highest BCUT2D eigenvalue weighted by Gasteiger charge is 2.31. The first kappa shape index (κ1) is 26.4. The van der Waals surface area contributed by atoms with E-state index in [-0.39, 0.29) is 11.8 Å². The van der Waals surface area contributed by atoms with E-state index in [4.69, 9.17) is 0 Å². The minimum atomic E-state index is -1.59. The number of carboxylic acids is 1. The summed E-state index contributed by atoms with van der Waals surface area (Å²) >= 11 is 0. The van der Waals surface area contributed by atoms with Crippen LogP contribution in [0, 0.1) is 0 Å². The summed E-state index contributed by atoms with van der Waals surface area (Å²) in [6.07, 6.45) is 0.238. The van der Waals surface area contributed by atoms with E-state index in [0.717, 1.165) is 15.5 Å². The molecule has 38 heavy (non-hydrogen) atoms. The van der Waals surface area contributed by atoms with Crippen molar-refractivity contribution in [1.82, 2.24) is 25.2 Å². The van der Waals surface area contributed by atoms with E-state index in [1.54, 1.807) is 24.4 Å². The molecule has 2 heterocycles. The van der Waals surface area contributed by atoms with E-state index >= 15 is 0 Å². The summed E-state index contributed by atoms with van der Waals surface area (Å²) in [5, 5.41) is 24.5. The number of aliphatic hydroxyl groups is 1. The fourth-order valence-corrected chi connectivity index (χ4v) is 4.31. The third-order valence-corrected chi connectivity index (χ3v) is 6.34. The van der Waals surface area contributed by atoms with Gasteiger partial charge in [-0.25, -0.2) is 14.2 Å². The van der Waals surface area contributed by atoms with Crippen LogP contribution in [0.4, 0.5) is 0 Å². The lowest BCUT2D eigenvalue weighted by atomic mass is 10.0. The number of para-hydroxylation sites is 2. The molecule has 2 aromatic heterocycles. The first-order valence-electron chi connectivity index (χ1n) is 11.9. The Morgan fingerprint density at radius 2 is 1.55 bits per heavy atom. The zero-order valence-electron chi connectivity index (χ0n) is 20.6. The van der Waals surface area contributed by atoms with Gasteiger partial charge in [-0.1, -0.05) is 30.3 Å². The summed E-state index contributed by atoms with van der Waals surface area (Å²) in [6, 6.07) is 9.55. The van der Waals surface area contributed by atoms with Gasteiger partial charge in [-0.05, 0) is 37.6 Å². The van der Waals surface area contributed by atoms with E-state index in [1.165, 1.54) is 19.9 Å². The number of nitrogens with zero attached hydrogens (tertiary/aromatic N) is 1. The van der Waals surface area contributed by atoms with Crippen molar-refractivity contribution in [2.75, 3.05) is 0 Å². The normalized spacial score (nSPS) is 14.5. The maximum Gasteiger partial charge on any atom is 0.329 e. The molecule has 0 spiro atoms. The molecule has 0 bridgehead atoms. The minimum absolute atomic E-state index is 0.0586. The lowest BCUT2D eigenvalue weighted by Crippen LogP contribution is -2.55. The lowest BCUT2D eigenvalue weighted by Gasteiger charge is -2.23. The number of benzene rings is 2. The van der Waals surface area contributed by atoms with Gasteiger partial charge in [0.1, 0.15) is 12.1 Å². The molecule has 0 aliphatic carbocycles. The van der Waals surface area contributed by atoms with Crippen LogP contribution >= 0.6 is 0 Å². The smallest absolute Gasteiger partial charge is 0.329 e. The Bertz CT molecular complexity index is 1630. The monoisotopic (exact) mass is 521 g/mol. The molecule has 0 saturated heterocycles. The zero-order valence-corrected chi connectivity index (χ0v) is 20.6. The number of rotatable bonds is 9. The Morgan fingerprint density at radius 1 is 0.921 bits per heavy atom. The van der Waals surface area contributed by atoms with Crippen LogP contribution in [0.3, 0.4) is 0 Å². The van der Waals surface area contributed by atoms with E-state index in [0.29, 0.717) is 11.1 Å². The Balaban J connectivity index is 1.71. The topological polar surface area (TPSA) is 186 Å². The Hall–Kier alpha value is -4.71. The summed E-state index contributed by atoms with van der Waals surface area (Å²) in [4.78, 5) is 69.7. The molecular formula is C26H27N5O7. The Morgan fingerprint density at radius 3 is 2.21 bits per heavy atom. The van der Waals surface area contributed by atoms with E-state index in [1.807, 2.05) is 24.3 Å². The second kappa shape index (κ2) is 10.7. The van der Waals surface area contributed by atoms with Crippen LogP contribution in [-0.4, -0.2) is 60.7 Å². The maximum absolute atomic E-state index is 13.5. The van der Waals surface area contributed by atoms with Gasteiger partial charge in [0.2, 0.25) is 11.8 Å². The van der Waals surface area contributed by atoms with Crippen molar-refractivity contribution in [3.63, 3.8) is 0 Å². The molecule has 6 N–H and O–H groups in total. The second-order valence-corrected chi connectivity index (χ2v) is 9.03. The molecular weight excluding hydrogens is 494 g/mol. The molecule has 198 valence electrons. The number of H-pyrrole nitrogens is 2. The van der Waals surface area contributed by atoms with Gasteiger partial charge in [0.15, 0.2) is 6.04 Å². The van der Waals surface area contributed by atoms with Gasteiger partial charge >= 0.3 is 11.7 Å². The van der Waals surface area contributed by atoms with Crippen molar-refractivity contribution in [3.05, 3.63) is 81.1 Å². The van der Waals surface area contributed by atoms with Gasteiger partial charge in [0.25, 0.3) is 5.56 Å². The number of aliphatic carboxylic acids is 1. The van der Waals surface area contributed by atoms with Crippen LogP contribution < -0.4 is 21.9 Å². The lowest BCUT2D eigenvalue weighted by molar-refractivity contribution is -0.145. The third kappa shape index (κ3) is 5.20. The maximum atomic E-state index is 13.5. The highest BCUT2D eigenvalue weighted by Crippen LogP contribution is 2.22. The van der Waals surface area contributed by atoms with Crippen molar-refractivity contribution >= 4 is 39.6 Å². The van der Waals surface area contributed by atoms with Crippen molar-refractivity contribution in [1.29, 1.82) is 0 Å². The van der Waals surface area contributed by atoms with Gasteiger partial charge in [-0.2, -0.15) is 0 Å². The first-order chi connectivity index (χ1) is 18.1. The number of aromatic amines is 2. The second-order valence-electron chi connectivity index (χ2n) is 9.03. The highest BCUT2D eigenvalue weighted by molar-refractivity contribution is 5.92. The number of fused-ring (bicyclic) bond motifs is 2. The molecule has 0 aliphatic heterocycles. The molecule has 4 rings (SSSR count). The van der Waals surface area contributed by atoms with Gasteiger partial charge in [0, 0.05) is 23.5 Å². The zero-order chi connectivity index (χ0) is 27.6. The summed E-state index contributed by atoms with van der Waals surface area (Å²) in [7, 11) is 0. The van der Waals surface area contributed by atoms with Crippen molar-refractivity contribution in [3.8, 4) is 0 Å². The Labute approximate surface area is 215 Å². The van der Waals surface area contributed by atoms with Crippen molar-refractivity contribution in [2.45, 2.75) is 44.5 Å².